The molecule has 0 saturated heterocycles. The van der Waals surface area contributed by atoms with Gasteiger partial charge in [-0.25, -0.2) is 4.39 Å². The summed E-state index contributed by atoms with van der Waals surface area (Å²) in [7, 11) is 0. The van der Waals surface area contributed by atoms with Crippen LogP contribution < -0.4 is 5.32 Å². The Morgan fingerprint density at radius 3 is 2.67 bits per heavy atom. The molecule has 0 radical (unpaired) electrons. The van der Waals surface area contributed by atoms with Gasteiger partial charge in [0.15, 0.2) is 5.82 Å². The number of fused-ring (bicyclic) bond motifs is 2. The molecule has 2 aliphatic rings. The number of anilines is 1. The zero-order chi connectivity index (χ0) is 15.4. The van der Waals surface area contributed by atoms with Crippen molar-refractivity contribution in [3.8, 4) is 0 Å². The number of nitro benzene ring substituents is 1. The molecule has 21 heavy (non-hydrogen) atoms. The van der Waals surface area contributed by atoms with Crippen LogP contribution >= 0.6 is 0 Å². The maximum atomic E-state index is 14.1. The second-order valence-corrected chi connectivity index (χ2v) is 7.38. The van der Waals surface area contributed by atoms with Gasteiger partial charge in [0.2, 0.25) is 0 Å². The molecule has 2 aliphatic carbocycles. The molecule has 2 saturated carbocycles. The quantitative estimate of drug-likeness (QED) is 0.665. The molecular weight excluding hydrogens is 271 g/mol. The monoisotopic (exact) mass is 292 g/mol. The van der Waals surface area contributed by atoms with Crippen LogP contribution in [0.2, 0.25) is 0 Å². The topological polar surface area (TPSA) is 55.2 Å². The fraction of sp³-hybridized carbons (Fsp3) is 0.625. The average Bonchev–Trinajstić information content (AvgIpc) is 2.87. The van der Waals surface area contributed by atoms with Crippen molar-refractivity contribution in [2.75, 3.05) is 5.32 Å². The van der Waals surface area contributed by atoms with E-state index in [2.05, 4.69) is 26.1 Å². The van der Waals surface area contributed by atoms with Gasteiger partial charge in [0.1, 0.15) is 5.69 Å². The third-order valence-corrected chi connectivity index (χ3v) is 5.75. The fourth-order valence-electron chi connectivity index (χ4n) is 4.61. The molecule has 114 valence electrons. The normalized spacial score (nSPS) is 33.1. The van der Waals surface area contributed by atoms with Gasteiger partial charge >= 0.3 is 0 Å². The van der Waals surface area contributed by atoms with Crippen LogP contribution in [0.25, 0.3) is 0 Å². The number of hydrogen-bond donors (Lipinski definition) is 1. The smallest absolute Gasteiger partial charge is 0.295 e. The zero-order valence-corrected chi connectivity index (χ0v) is 12.6. The molecule has 1 N–H and O–H groups in total. The minimum absolute atomic E-state index is 0.0170. The number of benzene rings is 1. The summed E-state index contributed by atoms with van der Waals surface area (Å²) in [6.07, 6.45) is 3.40. The van der Waals surface area contributed by atoms with E-state index in [0.29, 0.717) is 5.92 Å². The molecule has 1 aromatic carbocycles. The van der Waals surface area contributed by atoms with Crippen LogP contribution in [-0.4, -0.2) is 11.0 Å². The van der Waals surface area contributed by atoms with Crippen molar-refractivity contribution in [1.29, 1.82) is 0 Å². The van der Waals surface area contributed by atoms with E-state index < -0.39 is 10.7 Å². The van der Waals surface area contributed by atoms with Crippen molar-refractivity contribution in [2.24, 2.45) is 16.7 Å². The number of nitrogens with zero attached hydrogens (tertiary/aromatic N) is 1. The van der Waals surface area contributed by atoms with Crippen LogP contribution in [0.15, 0.2) is 18.2 Å². The second-order valence-electron chi connectivity index (χ2n) is 7.38. The molecular formula is C16H21FN2O2. The number of hydrogen-bond acceptors (Lipinski definition) is 3. The number of nitro groups is 1. The van der Waals surface area contributed by atoms with Crippen LogP contribution in [-0.2, 0) is 0 Å². The predicted octanol–water partition coefficient (Wildman–Crippen LogP) is 4.36. The van der Waals surface area contributed by atoms with Crippen LogP contribution in [0.5, 0.6) is 0 Å². The number of rotatable bonds is 3. The first-order valence-corrected chi connectivity index (χ1v) is 7.45. The van der Waals surface area contributed by atoms with Gasteiger partial charge in [-0.3, -0.25) is 10.1 Å². The molecule has 1 unspecified atom stereocenters. The van der Waals surface area contributed by atoms with E-state index in [9.17, 15) is 14.5 Å². The van der Waals surface area contributed by atoms with Gasteiger partial charge in [-0.2, -0.15) is 0 Å². The van der Waals surface area contributed by atoms with Crippen LogP contribution in [0, 0.1) is 32.7 Å². The maximum absolute atomic E-state index is 14.1. The Hall–Kier alpha value is -1.65. The summed E-state index contributed by atoms with van der Waals surface area (Å²) in [5, 5.41) is 14.4. The summed E-state index contributed by atoms with van der Waals surface area (Å²) in [4.78, 5) is 10.6. The van der Waals surface area contributed by atoms with Crippen molar-refractivity contribution in [3.63, 3.8) is 0 Å². The summed E-state index contributed by atoms with van der Waals surface area (Å²) < 4.78 is 14.1. The molecule has 2 bridgehead atoms. The Labute approximate surface area is 123 Å². The lowest BCUT2D eigenvalue weighted by Gasteiger charge is -2.43. The maximum Gasteiger partial charge on any atom is 0.295 e. The minimum Gasteiger partial charge on any atom is -0.373 e. The molecule has 0 spiro atoms. The predicted molar refractivity (Wildman–Crippen MR) is 79.7 cm³/mol. The minimum atomic E-state index is -0.550. The highest BCUT2D eigenvalue weighted by atomic mass is 19.1. The Morgan fingerprint density at radius 2 is 2.10 bits per heavy atom. The van der Waals surface area contributed by atoms with E-state index >= 15 is 0 Å². The van der Waals surface area contributed by atoms with E-state index in [-0.39, 0.29) is 28.2 Å². The third kappa shape index (κ3) is 2.01. The molecule has 3 atom stereocenters. The Kier molecular flexibility index (Phi) is 3.01. The Morgan fingerprint density at radius 1 is 1.38 bits per heavy atom. The SMILES string of the molecule is CC1(C)C(Nc2c(F)cccc2[N+](=O)[O-])[C@]2(C)CC[C@H]1C2. The van der Waals surface area contributed by atoms with Gasteiger partial charge in [-0.1, -0.05) is 26.8 Å². The summed E-state index contributed by atoms with van der Waals surface area (Å²) >= 11 is 0. The number of nitrogens with one attached hydrogen (secondary N) is 1. The van der Waals surface area contributed by atoms with Gasteiger partial charge in [0, 0.05) is 12.1 Å². The van der Waals surface area contributed by atoms with Gasteiger partial charge in [0.25, 0.3) is 5.69 Å². The van der Waals surface area contributed by atoms with Crippen molar-refractivity contribution >= 4 is 11.4 Å². The first-order valence-electron chi connectivity index (χ1n) is 7.45. The lowest BCUT2D eigenvalue weighted by atomic mass is 9.68. The van der Waals surface area contributed by atoms with E-state index in [1.165, 1.54) is 24.6 Å². The molecule has 5 heteroatoms. The average molecular weight is 292 g/mol. The van der Waals surface area contributed by atoms with Crippen molar-refractivity contribution in [1.82, 2.24) is 0 Å². The van der Waals surface area contributed by atoms with Gasteiger partial charge in [0.05, 0.1) is 4.92 Å². The highest BCUT2D eigenvalue weighted by Crippen LogP contribution is 2.63. The first-order chi connectivity index (χ1) is 9.75. The lowest BCUT2D eigenvalue weighted by Crippen LogP contribution is -2.46. The molecule has 0 aromatic heterocycles. The molecule has 4 nitrogen and oxygen atoms in total. The Bertz CT molecular complexity index is 597. The van der Waals surface area contributed by atoms with Crippen LogP contribution in [0.3, 0.4) is 0 Å². The summed E-state index contributed by atoms with van der Waals surface area (Å²) in [6.45, 7) is 6.59. The molecule has 1 aromatic rings. The number of halogens is 1. The van der Waals surface area contributed by atoms with Crippen molar-refractivity contribution in [3.05, 3.63) is 34.1 Å². The first kappa shape index (κ1) is 14.3. The van der Waals surface area contributed by atoms with E-state index in [4.69, 9.17) is 0 Å². The fourth-order valence-corrected chi connectivity index (χ4v) is 4.61. The van der Waals surface area contributed by atoms with E-state index in [1.807, 2.05) is 0 Å². The van der Waals surface area contributed by atoms with Crippen LogP contribution in [0.4, 0.5) is 15.8 Å². The zero-order valence-electron chi connectivity index (χ0n) is 12.6. The van der Waals surface area contributed by atoms with Gasteiger partial charge < -0.3 is 5.32 Å². The van der Waals surface area contributed by atoms with Gasteiger partial charge in [-0.15, -0.1) is 0 Å². The summed E-state index contributed by atoms with van der Waals surface area (Å²) in [5.41, 5.74) is -0.0421. The van der Waals surface area contributed by atoms with E-state index in [0.717, 1.165) is 12.8 Å². The van der Waals surface area contributed by atoms with Crippen LogP contribution in [0.1, 0.15) is 40.0 Å². The molecule has 0 heterocycles. The highest BCUT2D eigenvalue weighted by molar-refractivity contribution is 5.63. The third-order valence-electron chi connectivity index (χ3n) is 5.75. The summed E-state index contributed by atoms with van der Waals surface area (Å²) in [5.74, 6) is 0.0530. The largest absolute Gasteiger partial charge is 0.373 e. The molecule has 0 amide bonds. The second kappa shape index (κ2) is 4.42. The van der Waals surface area contributed by atoms with Crippen molar-refractivity contribution in [2.45, 2.75) is 46.1 Å². The molecule has 2 fully saturated rings. The Balaban J connectivity index is 1.99. The molecule has 3 rings (SSSR count). The summed E-state index contributed by atoms with van der Waals surface area (Å²) in [6, 6.07) is 4.07. The lowest BCUT2D eigenvalue weighted by molar-refractivity contribution is -0.384. The van der Waals surface area contributed by atoms with Crippen molar-refractivity contribution < 1.29 is 9.31 Å². The van der Waals surface area contributed by atoms with E-state index in [1.54, 1.807) is 0 Å². The highest BCUT2D eigenvalue weighted by Gasteiger charge is 2.59. The standard InChI is InChI=1S/C16H21FN2O2/c1-15(2)10-7-8-16(3,9-10)14(15)18-13-11(17)5-4-6-12(13)19(20)21/h4-6,10,14,18H,7-9H2,1-3H3/t10-,14?,16+/m0/s1. The number of para-hydroxylation sites is 1. The molecule has 0 aliphatic heterocycles. The van der Waals surface area contributed by atoms with Gasteiger partial charge in [-0.05, 0) is 42.1 Å².